The lowest BCUT2D eigenvalue weighted by molar-refractivity contribution is 0.0934. The number of amides is 3. The van der Waals surface area contributed by atoms with Crippen LogP contribution in [0.2, 0.25) is 0 Å². The van der Waals surface area contributed by atoms with Crippen LogP contribution in [0.15, 0.2) is 10.5 Å². The summed E-state index contributed by atoms with van der Waals surface area (Å²) in [7, 11) is 0. The number of carbonyl (C=O) groups excluding carboxylic acids is 2. The molecule has 0 bridgehead atoms. The second kappa shape index (κ2) is 7.15. The average Bonchev–Trinajstić information content (AvgIpc) is 2.65. The zero-order valence-electron chi connectivity index (χ0n) is 12.6. The molecule has 0 unspecified atom stereocenters. The second-order valence-electron chi connectivity index (χ2n) is 5.57. The molecule has 6 heteroatoms. The third-order valence-electron chi connectivity index (χ3n) is 3.77. The molecule has 3 amide bonds. The summed E-state index contributed by atoms with van der Waals surface area (Å²) >= 11 is 0. The lowest BCUT2D eigenvalue weighted by Crippen LogP contribution is -2.49. The van der Waals surface area contributed by atoms with Crippen LogP contribution in [-0.4, -0.2) is 18.0 Å². The molecule has 2 rings (SSSR count). The molecule has 0 aliphatic heterocycles. The molecule has 0 atom stereocenters. The molecule has 1 aliphatic carbocycles. The van der Waals surface area contributed by atoms with Gasteiger partial charge in [0.2, 0.25) is 0 Å². The third kappa shape index (κ3) is 4.51. The summed E-state index contributed by atoms with van der Waals surface area (Å²) in [6, 6.07) is 1.48. The van der Waals surface area contributed by atoms with Crippen LogP contribution in [0.1, 0.15) is 60.4 Å². The number of hydrazine groups is 1. The fourth-order valence-electron chi connectivity index (χ4n) is 2.68. The fraction of sp³-hybridized carbons (Fsp3) is 0.600. The lowest BCUT2D eigenvalue weighted by atomic mass is 10.1. The summed E-state index contributed by atoms with van der Waals surface area (Å²) in [6.07, 6.45) is 6.75. The Morgan fingerprint density at radius 3 is 2.33 bits per heavy atom. The normalized spacial score (nSPS) is 16.1. The van der Waals surface area contributed by atoms with Gasteiger partial charge in [-0.3, -0.25) is 10.2 Å². The van der Waals surface area contributed by atoms with Gasteiger partial charge in [-0.05, 0) is 32.8 Å². The molecule has 1 fully saturated rings. The molecule has 21 heavy (non-hydrogen) atoms. The van der Waals surface area contributed by atoms with E-state index in [0.29, 0.717) is 17.1 Å². The maximum absolute atomic E-state index is 11.9. The molecule has 0 spiro atoms. The Bertz CT molecular complexity index is 502. The molecule has 0 aromatic carbocycles. The van der Waals surface area contributed by atoms with E-state index in [1.54, 1.807) is 19.9 Å². The summed E-state index contributed by atoms with van der Waals surface area (Å²) < 4.78 is 5.29. The van der Waals surface area contributed by atoms with Crippen LogP contribution in [-0.2, 0) is 0 Å². The van der Waals surface area contributed by atoms with E-state index in [1.807, 2.05) is 0 Å². The van der Waals surface area contributed by atoms with Gasteiger partial charge in [-0.1, -0.05) is 25.7 Å². The van der Waals surface area contributed by atoms with Gasteiger partial charge in [0.15, 0.2) is 0 Å². The topological polar surface area (TPSA) is 83.4 Å². The van der Waals surface area contributed by atoms with Gasteiger partial charge in [-0.2, -0.15) is 0 Å². The Kier molecular flexibility index (Phi) is 5.25. The van der Waals surface area contributed by atoms with Gasteiger partial charge in [0.05, 0.1) is 5.56 Å². The minimum Gasteiger partial charge on any atom is -0.466 e. The third-order valence-corrected chi connectivity index (χ3v) is 3.77. The molecule has 1 aromatic rings. The van der Waals surface area contributed by atoms with Gasteiger partial charge in [0.1, 0.15) is 11.5 Å². The number of urea groups is 1. The van der Waals surface area contributed by atoms with Gasteiger partial charge >= 0.3 is 6.03 Å². The molecule has 3 N–H and O–H groups in total. The predicted octanol–water partition coefficient (Wildman–Crippen LogP) is 2.56. The predicted molar refractivity (Wildman–Crippen MR) is 78.8 cm³/mol. The van der Waals surface area contributed by atoms with Crippen molar-refractivity contribution in [1.29, 1.82) is 0 Å². The number of hydrogen-bond acceptors (Lipinski definition) is 3. The number of hydrogen-bond donors (Lipinski definition) is 3. The largest absolute Gasteiger partial charge is 0.466 e. The Morgan fingerprint density at radius 1 is 1.10 bits per heavy atom. The van der Waals surface area contributed by atoms with Crippen molar-refractivity contribution in [2.24, 2.45) is 0 Å². The van der Waals surface area contributed by atoms with Crippen LogP contribution < -0.4 is 16.2 Å². The first-order chi connectivity index (χ1) is 10.1. The highest BCUT2D eigenvalue weighted by molar-refractivity contribution is 5.96. The van der Waals surface area contributed by atoms with Gasteiger partial charge in [0, 0.05) is 6.04 Å². The highest BCUT2D eigenvalue weighted by Crippen LogP contribution is 2.17. The van der Waals surface area contributed by atoms with E-state index in [1.165, 1.54) is 12.8 Å². The van der Waals surface area contributed by atoms with E-state index in [2.05, 4.69) is 16.2 Å². The molecule has 1 aliphatic rings. The van der Waals surface area contributed by atoms with Crippen LogP contribution in [0.5, 0.6) is 0 Å². The van der Waals surface area contributed by atoms with E-state index < -0.39 is 0 Å². The van der Waals surface area contributed by atoms with Crippen LogP contribution in [0.25, 0.3) is 0 Å². The molecule has 1 heterocycles. The molecule has 116 valence electrons. The second-order valence-corrected chi connectivity index (χ2v) is 5.57. The molecule has 1 saturated carbocycles. The quantitative estimate of drug-likeness (QED) is 0.579. The van der Waals surface area contributed by atoms with Crippen molar-refractivity contribution in [1.82, 2.24) is 16.2 Å². The smallest absolute Gasteiger partial charge is 0.333 e. The molecule has 6 nitrogen and oxygen atoms in total. The Labute approximate surface area is 124 Å². The summed E-state index contributed by atoms with van der Waals surface area (Å²) in [5.74, 6) is 0.830. The molecular weight excluding hydrogens is 270 g/mol. The van der Waals surface area contributed by atoms with Crippen molar-refractivity contribution in [2.75, 3.05) is 0 Å². The lowest BCUT2D eigenvalue weighted by Gasteiger charge is -2.16. The van der Waals surface area contributed by atoms with E-state index in [4.69, 9.17) is 4.42 Å². The molecule has 1 aromatic heterocycles. The minimum atomic E-state index is -0.375. The maximum Gasteiger partial charge on any atom is 0.333 e. The van der Waals surface area contributed by atoms with Crippen molar-refractivity contribution < 1.29 is 14.0 Å². The number of rotatable bonds is 2. The maximum atomic E-state index is 11.9. The Balaban J connectivity index is 1.78. The van der Waals surface area contributed by atoms with Crippen molar-refractivity contribution in [3.63, 3.8) is 0 Å². The SMILES string of the molecule is Cc1cc(C(=O)NNC(=O)NC2CCCCCC2)c(C)o1. The van der Waals surface area contributed by atoms with E-state index in [-0.39, 0.29) is 18.0 Å². The summed E-state index contributed by atoms with van der Waals surface area (Å²) in [6.45, 7) is 3.49. The first kappa shape index (κ1) is 15.4. The number of carbonyl (C=O) groups is 2. The van der Waals surface area contributed by atoms with Crippen LogP contribution in [0.3, 0.4) is 0 Å². The van der Waals surface area contributed by atoms with Gasteiger partial charge in [-0.15, -0.1) is 0 Å². The van der Waals surface area contributed by atoms with Crippen molar-refractivity contribution >= 4 is 11.9 Å². The molecule has 0 radical (unpaired) electrons. The first-order valence-corrected chi connectivity index (χ1v) is 7.50. The number of furan rings is 1. The summed E-state index contributed by atoms with van der Waals surface area (Å²) in [5.41, 5.74) is 5.22. The number of nitrogens with one attached hydrogen (secondary N) is 3. The van der Waals surface area contributed by atoms with Crippen molar-refractivity contribution in [3.05, 3.63) is 23.2 Å². The Morgan fingerprint density at radius 2 is 1.76 bits per heavy atom. The Hall–Kier alpha value is -1.98. The zero-order valence-corrected chi connectivity index (χ0v) is 12.6. The molecule has 0 saturated heterocycles. The first-order valence-electron chi connectivity index (χ1n) is 7.50. The van der Waals surface area contributed by atoms with Crippen LogP contribution >= 0.6 is 0 Å². The monoisotopic (exact) mass is 293 g/mol. The summed E-state index contributed by atoms with van der Waals surface area (Å²) in [4.78, 5) is 23.7. The van der Waals surface area contributed by atoms with Gasteiger partial charge < -0.3 is 9.73 Å². The highest BCUT2D eigenvalue weighted by atomic mass is 16.3. The van der Waals surface area contributed by atoms with Crippen molar-refractivity contribution in [2.45, 2.75) is 58.4 Å². The van der Waals surface area contributed by atoms with Gasteiger partial charge in [-0.25, -0.2) is 10.2 Å². The minimum absolute atomic E-state index is 0.197. The summed E-state index contributed by atoms with van der Waals surface area (Å²) in [5, 5.41) is 2.90. The van der Waals surface area contributed by atoms with E-state index >= 15 is 0 Å². The highest BCUT2D eigenvalue weighted by Gasteiger charge is 2.16. The average molecular weight is 293 g/mol. The zero-order chi connectivity index (χ0) is 15.2. The standard InChI is InChI=1S/C15H23N3O3/c1-10-9-13(11(2)21-10)14(19)17-18-15(20)16-12-7-5-3-4-6-8-12/h9,12H,3-8H2,1-2H3,(H,17,19)(H2,16,18,20). The fourth-order valence-corrected chi connectivity index (χ4v) is 2.68. The molecular formula is C15H23N3O3. The van der Waals surface area contributed by atoms with Crippen molar-refractivity contribution in [3.8, 4) is 0 Å². The van der Waals surface area contributed by atoms with E-state index in [9.17, 15) is 9.59 Å². The number of aryl methyl sites for hydroxylation is 2. The van der Waals surface area contributed by atoms with Crippen LogP contribution in [0, 0.1) is 13.8 Å². The van der Waals surface area contributed by atoms with Crippen LogP contribution in [0.4, 0.5) is 4.79 Å². The van der Waals surface area contributed by atoms with Gasteiger partial charge in [0.25, 0.3) is 5.91 Å². The van der Waals surface area contributed by atoms with E-state index in [0.717, 1.165) is 25.7 Å².